The molecule has 0 fully saturated rings. The highest BCUT2D eigenvalue weighted by Crippen LogP contribution is 2.20. The monoisotopic (exact) mass is 337 g/mol. The fourth-order valence-electron chi connectivity index (χ4n) is 1.98. The largest absolute Gasteiger partial charge is 0.198 e. The van der Waals surface area contributed by atoms with Crippen LogP contribution in [0.25, 0.3) is 0 Å². The molecule has 24 heavy (non-hydrogen) atoms. The summed E-state index contributed by atoms with van der Waals surface area (Å²) in [6.45, 7) is 4.34. The van der Waals surface area contributed by atoms with E-state index >= 15 is 0 Å². The molecule has 0 spiro atoms. The van der Waals surface area contributed by atoms with Crippen molar-refractivity contribution in [2.24, 2.45) is 5.92 Å². The van der Waals surface area contributed by atoms with Gasteiger partial charge in [-0.05, 0) is 37.2 Å². The van der Waals surface area contributed by atoms with Crippen LogP contribution in [-0.2, 0) is 0 Å². The van der Waals surface area contributed by atoms with Gasteiger partial charge in [0.05, 0.1) is 6.07 Å². The predicted octanol–water partition coefficient (Wildman–Crippen LogP) is 8.88. The predicted molar refractivity (Wildman–Crippen MR) is 118 cm³/mol. The maximum absolute atomic E-state index is 8.84. The fourth-order valence-corrected chi connectivity index (χ4v) is 1.98. The SMILES string of the molecule is C.C.C.C.C.C.CCC(C#N)C/C=C/CCC(C)c1ccccc1. The van der Waals surface area contributed by atoms with Crippen LogP contribution >= 0.6 is 0 Å². The zero-order chi connectivity index (χ0) is 13.2. The summed E-state index contributed by atoms with van der Waals surface area (Å²) in [7, 11) is 0. The molecule has 2 atom stereocenters. The quantitative estimate of drug-likeness (QED) is 0.456. The van der Waals surface area contributed by atoms with Crippen LogP contribution in [0.1, 0.15) is 95.6 Å². The van der Waals surface area contributed by atoms with Crippen molar-refractivity contribution in [3.05, 3.63) is 48.0 Å². The highest BCUT2D eigenvalue weighted by Gasteiger charge is 2.03. The van der Waals surface area contributed by atoms with E-state index < -0.39 is 0 Å². The van der Waals surface area contributed by atoms with Gasteiger partial charge in [-0.1, -0.05) is 101 Å². The smallest absolute Gasteiger partial charge is 0.0658 e. The minimum atomic E-state index is 0. The third kappa shape index (κ3) is 15.3. The standard InChI is InChI=1S/C17H23N.6CH4/c1-3-16(14-18)11-7-4-6-10-15(2)17-12-8-5-9-13-17;;;;;;/h4-5,7-9,12-13,15-16H,3,6,10-11H2,1-2H3;6*1H4/b7-4+;;;;;;. The lowest BCUT2D eigenvalue weighted by molar-refractivity contribution is 0.647. The second-order valence-electron chi connectivity index (χ2n) is 4.83. The first kappa shape index (κ1) is 38.2. The van der Waals surface area contributed by atoms with E-state index in [0.29, 0.717) is 5.92 Å². The molecule has 0 aliphatic heterocycles. The molecule has 0 heterocycles. The first-order chi connectivity index (χ1) is 8.77. The lowest BCUT2D eigenvalue weighted by Gasteiger charge is -2.09. The van der Waals surface area contributed by atoms with Crippen molar-refractivity contribution in [1.29, 1.82) is 5.26 Å². The van der Waals surface area contributed by atoms with Gasteiger partial charge in [-0.15, -0.1) is 0 Å². The van der Waals surface area contributed by atoms with E-state index in [4.69, 9.17) is 5.26 Å². The topological polar surface area (TPSA) is 23.8 Å². The molecule has 0 N–H and O–H groups in total. The summed E-state index contributed by atoms with van der Waals surface area (Å²) in [5.41, 5.74) is 1.41. The molecule has 1 rings (SSSR count). The van der Waals surface area contributed by atoms with E-state index in [1.54, 1.807) is 0 Å². The van der Waals surface area contributed by atoms with Crippen LogP contribution in [-0.4, -0.2) is 0 Å². The summed E-state index contributed by atoms with van der Waals surface area (Å²) in [6.07, 6.45) is 8.49. The van der Waals surface area contributed by atoms with Crippen molar-refractivity contribution in [2.45, 2.75) is 90.0 Å². The molecular formula is C23H47N. The molecular weight excluding hydrogens is 290 g/mol. The Labute approximate surface area is 155 Å². The van der Waals surface area contributed by atoms with E-state index in [1.165, 1.54) is 12.0 Å². The van der Waals surface area contributed by atoms with Gasteiger partial charge in [0, 0.05) is 5.92 Å². The Morgan fingerprint density at radius 2 is 1.50 bits per heavy atom. The fraction of sp³-hybridized carbons (Fsp3) is 0.609. The number of hydrogen-bond donors (Lipinski definition) is 0. The Hall–Kier alpha value is -1.55. The summed E-state index contributed by atoms with van der Waals surface area (Å²) < 4.78 is 0. The molecule has 0 aromatic heterocycles. The molecule has 1 aromatic rings. The minimum Gasteiger partial charge on any atom is -0.198 e. The van der Waals surface area contributed by atoms with E-state index in [0.717, 1.165) is 19.3 Å². The Kier molecular flexibility index (Phi) is 37.7. The molecule has 0 aliphatic carbocycles. The lowest BCUT2D eigenvalue weighted by Crippen LogP contribution is -1.93. The van der Waals surface area contributed by atoms with Gasteiger partial charge in [0.25, 0.3) is 0 Å². The molecule has 0 aliphatic rings. The number of hydrogen-bond acceptors (Lipinski definition) is 1. The van der Waals surface area contributed by atoms with Gasteiger partial charge in [-0.3, -0.25) is 0 Å². The van der Waals surface area contributed by atoms with Crippen molar-refractivity contribution in [1.82, 2.24) is 0 Å². The number of nitrogens with zero attached hydrogens (tertiary/aromatic N) is 1. The highest BCUT2D eigenvalue weighted by molar-refractivity contribution is 5.18. The first-order valence-electron chi connectivity index (χ1n) is 6.87. The van der Waals surface area contributed by atoms with Gasteiger partial charge in [-0.2, -0.15) is 5.26 Å². The van der Waals surface area contributed by atoms with Crippen LogP contribution in [0, 0.1) is 17.2 Å². The average molecular weight is 338 g/mol. The Balaban J connectivity index is -0.000000135. The molecule has 0 saturated carbocycles. The summed E-state index contributed by atoms with van der Waals surface area (Å²) >= 11 is 0. The van der Waals surface area contributed by atoms with E-state index in [2.05, 4.69) is 62.4 Å². The first-order valence-corrected chi connectivity index (χ1v) is 6.87. The van der Waals surface area contributed by atoms with Crippen LogP contribution in [0.15, 0.2) is 42.5 Å². The van der Waals surface area contributed by atoms with Gasteiger partial charge < -0.3 is 0 Å². The third-order valence-corrected chi connectivity index (χ3v) is 3.40. The zero-order valence-electron chi connectivity index (χ0n) is 11.5. The van der Waals surface area contributed by atoms with Crippen molar-refractivity contribution < 1.29 is 0 Å². The highest BCUT2D eigenvalue weighted by atomic mass is 14.3. The number of allylic oxidation sites excluding steroid dienone is 2. The normalized spacial score (nSPS) is 10.7. The van der Waals surface area contributed by atoms with E-state index in [-0.39, 0.29) is 50.5 Å². The second kappa shape index (κ2) is 23.7. The van der Waals surface area contributed by atoms with Gasteiger partial charge in [0.1, 0.15) is 0 Å². The molecule has 0 bridgehead atoms. The molecule has 1 aromatic carbocycles. The van der Waals surface area contributed by atoms with Crippen LogP contribution in [0.3, 0.4) is 0 Å². The molecule has 1 heteroatoms. The van der Waals surface area contributed by atoms with Crippen molar-refractivity contribution in [2.75, 3.05) is 0 Å². The van der Waals surface area contributed by atoms with Crippen LogP contribution in [0.4, 0.5) is 0 Å². The van der Waals surface area contributed by atoms with Crippen molar-refractivity contribution in [3.8, 4) is 6.07 Å². The van der Waals surface area contributed by atoms with E-state index in [9.17, 15) is 0 Å². The molecule has 2 unspecified atom stereocenters. The van der Waals surface area contributed by atoms with Gasteiger partial charge in [-0.25, -0.2) is 0 Å². The molecule has 0 radical (unpaired) electrons. The summed E-state index contributed by atoms with van der Waals surface area (Å²) in [6, 6.07) is 13.0. The van der Waals surface area contributed by atoms with Gasteiger partial charge in [0.15, 0.2) is 0 Å². The van der Waals surface area contributed by atoms with Crippen molar-refractivity contribution >= 4 is 0 Å². The number of nitriles is 1. The van der Waals surface area contributed by atoms with Crippen LogP contribution in [0.5, 0.6) is 0 Å². The molecule has 0 saturated heterocycles. The second-order valence-corrected chi connectivity index (χ2v) is 4.83. The Morgan fingerprint density at radius 1 is 0.958 bits per heavy atom. The zero-order valence-corrected chi connectivity index (χ0v) is 11.5. The maximum atomic E-state index is 8.84. The number of rotatable bonds is 7. The minimum absolute atomic E-state index is 0. The van der Waals surface area contributed by atoms with Crippen LogP contribution in [0.2, 0.25) is 0 Å². The molecule has 144 valence electrons. The Morgan fingerprint density at radius 3 is 1.96 bits per heavy atom. The van der Waals surface area contributed by atoms with E-state index in [1.807, 2.05) is 0 Å². The summed E-state index contributed by atoms with van der Waals surface area (Å²) in [4.78, 5) is 0. The summed E-state index contributed by atoms with van der Waals surface area (Å²) in [5.74, 6) is 0.793. The Bertz CT molecular complexity index is 386. The average Bonchev–Trinajstić information content (AvgIpc) is 2.43. The maximum Gasteiger partial charge on any atom is 0.0658 e. The van der Waals surface area contributed by atoms with Gasteiger partial charge >= 0.3 is 0 Å². The lowest BCUT2D eigenvalue weighted by atomic mass is 9.96. The molecule has 0 amide bonds. The van der Waals surface area contributed by atoms with Crippen LogP contribution < -0.4 is 0 Å². The number of benzene rings is 1. The summed E-state index contributed by atoms with van der Waals surface area (Å²) in [5, 5.41) is 8.84. The molecule has 1 nitrogen and oxygen atoms in total. The third-order valence-electron chi connectivity index (χ3n) is 3.40. The van der Waals surface area contributed by atoms with Gasteiger partial charge in [0.2, 0.25) is 0 Å². The van der Waals surface area contributed by atoms with Crippen molar-refractivity contribution in [3.63, 3.8) is 0 Å².